The quantitative estimate of drug-likeness (QED) is 0.485. The van der Waals surface area contributed by atoms with Crippen molar-refractivity contribution < 1.29 is 27.5 Å². The summed E-state index contributed by atoms with van der Waals surface area (Å²) in [6.07, 6.45) is 0. The molecule has 4 heavy (non-hydrogen) atoms. The minimum Gasteiger partial charge on any atom is -0.566 e. The van der Waals surface area contributed by atoms with E-state index in [4.69, 9.17) is 5.11 Å². The molecule has 0 aliphatic heterocycles. The normalized spacial score (nSPS) is 4.50. The van der Waals surface area contributed by atoms with Gasteiger partial charge < -0.3 is 5.11 Å². The van der Waals surface area contributed by atoms with Crippen molar-refractivity contribution in [2.45, 2.75) is 6.92 Å². The third kappa shape index (κ3) is 15.9. The molecule has 0 saturated carbocycles. The van der Waals surface area contributed by atoms with Crippen LogP contribution in [0.5, 0.6) is 0 Å². The van der Waals surface area contributed by atoms with Gasteiger partial charge >= 0.3 is 22.4 Å². The monoisotopic (exact) mass is 242 g/mol. The van der Waals surface area contributed by atoms with Crippen molar-refractivity contribution in [3.63, 3.8) is 0 Å². The van der Waals surface area contributed by atoms with Gasteiger partial charge in [0.15, 0.2) is 0 Å². The summed E-state index contributed by atoms with van der Waals surface area (Å²) in [6, 6.07) is 0. The summed E-state index contributed by atoms with van der Waals surface area (Å²) >= 11 is 0. The van der Waals surface area contributed by atoms with Crippen LogP contribution in [0.1, 0.15) is 6.92 Å². The molecule has 0 spiro atoms. The van der Waals surface area contributed by atoms with Crippen molar-refractivity contribution >= 4 is 0 Å². The molecule has 0 heterocycles. The smallest absolute Gasteiger partial charge is 0.566 e. The second-order valence-corrected chi connectivity index (χ2v) is 0.258. The Labute approximate surface area is 41.5 Å². The average Bonchev–Trinajstić information content (AvgIpc) is 0.918. The molecule has 1 N–H and O–H groups in total. The van der Waals surface area contributed by atoms with Crippen LogP contribution in [0.15, 0.2) is 0 Å². The molecule has 0 aromatic carbocycles. The van der Waals surface area contributed by atoms with E-state index in [1.165, 1.54) is 0 Å². The molecule has 0 unspecified atom stereocenters. The van der Waals surface area contributed by atoms with Crippen molar-refractivity contribution in [3.05, 3.63) is 6.61 Å². The van der Waals surface area contributed by atoms with Gasteiger partial charge in [-0.2, -0.15) is 6.92 Å². The van der Waals surface area contributed by atoms with Crippen molar-refractivity contribution in [2.75, 3.05) is 0 Å². The summed E-state index contributed by atoms with van der Waals surface area (Å²) in [7, 11) is 0. The molecule has 0 aliphatic rings. The van der Waals surface area contributed by atoms with Crippen LogP contribution >= 0.6 is 0 Å². The van der Waals surface area contributed by atoms with E-state index in [0.717, 1.165) is 6.61 Å². The number of hydrogen-bond donors (Lipinski definition) is 1. The Bertz CT molecular complexity index is 6.00. The third-order valence-corrected chi connectivity index (χ3v) is 0. The van der Waals surface area contributed by atoms with E-state index in [-0.39, 0.29) is 22.4 Å². The van der Waals surface area contributed by atoms with Gasteiger partial charge in [-0.3, -0.25) is 0 Å². The molecule has 0 aromatic rings. The van der Waals surface area contributed by atoms with E-state index >= 15 is 0 Å². The predicted octanol–water partition coefficient (Wildman–Crippen LogP) is 0.538. The van der Waals surface area contributed by atoms with E-state index < -0.39 is 0 Å². The van der Waals surface area contributed by atoms with Crippen molar-refractivity contribution in [2.24, 2.45) is 0 Å². The number of aliphatic hydroxyl groups is 1. The molecule has 30 valence electrons. The topological polar surface area (TPSA) is 20.2 Å². The molecule has 0 aromatic heterocycles. The maximum Gasteiger partial charge on any atom is 1.00 e. The Hall–Kier alpha value is 0.700. The molecule has 2 heteroatoms. The Morgan fingerprint density at radius 1 is 1.75 bits per heavy atom. The third-order valence-electron chi connectivity index (χ3n) is 0. The fourth-order valence-corrected chi connectivity index (χ4v) is 0. The molecule has 0 amide bonds. The largest absolute Gasteiger partial charge is 1.00 e. The van der Waals surface area contributed by atoms with E-state index in [2.05, 4.69) is 0 Å². The standard InChI is InChI=1S/C2H5O.Au/c1-2-3;/h2-3H,1H3;/q-1;+1. The Morgan fingerprint density at radius 2 is 1.75 bits per heavy atom. The zero-order chi connectivity index (χ0) is 2.71. The predicted molar refractivity (Wildman–Crippen MR) is 11.9 cm³/mol. The van der Waals surface area contributed by atoms with E-state index in [0.29, 0.717) is 0 Å². The Morgan fingerprint density at radius 3 is 1.75 bits per heavy atom. The van der Waals surface area contributed by atoms with Crippen molar-refractivity contribution in [1.29, 1.82) is 0 Å². The molecule has 0 rings (SSSR count). The zero-order valence-corrected chi connectivity index (χ0v) is 4.49. The minimum absolute atomic E-state index is 0. The minimum atomic E-state index is 0. The van der Waals surface area contributed by atoms with Gasteiger partial charge in [0.05, 0.1) is 0 Å². The molecular weight excluding hydrogens is 237 g/mol. The van der Waals surface area contributed by atoms with Crippen LogP contribution in [0.2, 0.25) is 0 Å². The van der Waals surface area contributed by atoms with Gasteiger partial charge in [-0.25, -0.2) is 6.61 Å². The summed E-state index contributed by atoms with van der Waals surface area (Å²) in [4.78, 5) is 0. The molecule has 0 bridgehead atoms. The Kier molecular flexibility index (Phi) is 20.6. The molecule has 1 nitrogen and oxygen atoms in total. The number of hydrogen-bond acceptors (Lipinski definition) is 1. The van der Waals surface area contributed by atoms with E-state index in [9.17, 15) is 0 Å². The van der Waals surface area contributed by atoms with Gasteiger partial charge in [-0.1, -0.05) is 0 Å². The first-order valence-electron chi connectivity index (χ1n) is 0.836. The molecule has 0 fully saturated rings. The fraction of sp³-hybridized carbons (Fsp3) is 0.500. The van der Waals surface area contributed by atoms with Gasteiger partial charge in [-0.15, -0.1) is 0 Å². The van der Waals surface area contributed by atoms with E-state index in [1.807, 2.05) is 0 Å². The zero-order valence-electron chi connectivity index (χ0n) is 2.33. The Balaban J connectivity index is 0. The van der Waals surface area contributed by atoms with Gasteiger partial charge in [0.25, 0.3) is 0 Å². The molecule has 0 saturated heterocycles. The van der Waals surface area contributed by atoms with Crippen molar-refractivity contribution in [3.8, 4) is 0 Å². The van der Waals surface area contributed by atoms with Crippen LogP contribution in [0.25, 0.3) is 0 Å². The number of rotatable bonds is 0. The van der Waals surface area contributed by atoms with Gasteiger partial charge in [0.1, 0.15) is 0 Å². The summed E-state index contributed by atoms with van der Waals surface area (Å²) in [5.41, 5.74) is 0. The van der Waals surface area contributed by atoms with Gasteiger partial charge in [-0.05, 0) is 0 Å². The molecule has 0 radical (unpaired) electrons. The van der Waals surface area contributed by atoms with Crippen LogP contribution in [-0.4, -0.2) is 5.11 Å². The van der Waals surface area contributed by atoms with Crippen LogP contribution in [0, 0.1) is 6.61 Å². The first-order chi connectivity index (χ1) is 1.41. The molecule has 0 atom stereocenters. The van der Waals surface area contributed by atoms with Crippen molar-refractivity contribution in [1.82, 2.24) is 0 Å². The molecule has 0 aliphatic carbocycles. The van der Waals surface area contributed by atoms with Gasteiger partial charge in [0, 0.05) is 0 Å². The maximum absolute atomic E-state index is 7.44. The average molecular weight is 242 g/mol. The second kappa shape index (κ2) is 9.33. The first-order valence-corrected chi connectivity index (χ1v) is 0.836. The van der Waals surface area contributed by atoms with Crippen LogP contribution < -0.4 is 0 Å². The fourth-order valence-electron chi connectivity index (χ4n) is 0. The first kappa shape index (κ1) is 8.83. The maximum atomic E-state index is 7.44. The van der Waals surface area contributed by atoms with Crippen LogP contribution in [-0.2, 0) is 22.4 Å². The summed E-state index contributed by atoms with van der Waals surface area (Å²) in [5.74, 6) is 0. The SMILES string of the molecule is C[CH-]O.[Au+]. The second-order valence-electron chi connectivity index (χ2n) is 0.258. The van der Waals surface area contributed by atoms with Crippen LogP contribution in [0.3, 0.4) is 0 Å². The summed E-state index contributed by atoms with van der Waals surface area (Å²) < 4.78 is 0. The van der Waals surface area contributed by atoms with Gasteiger partial charge in [0.2, 0.25) is 0 Å². The van der Waals surface area contributed by atoms with E-state index in [1.54, 1.807) is 6.92 Å². The number of aliphatic hydroxyl groups excluding tert-OH is 1. The van der Waals surface area contributed by atoms with Crippen LogP contribution in [0.4, 0.5) is 0 Å². The summed E-state index contributed by atoms with van der Waals surface area (Å²) in [5, 5.41) is 7.44. The summed E-state index contributed by atoms with van der Waals surface area (Å²) in [6.45, 7) is 2.56. The molecular formula is C2H5AuO.